The predicted octanol–water partition coefficient (Wildman–Crippen LogP) is -1.13. The van der Waals surface area contributed by atoms with Gasteiger partial charge >= 0.3 is 17.9 Å². The summed E-state index contributed by atoms with van der Waals surface area (Å²) in [5, 5.41) is 51.8. The van der Waals surface area contributed by atoms with Gasteiger partial charge in [-0.1, -0.05) is 58.0 Å². The Bertz CT molecular complexity index is 1660. The number of carboxylic acid groups (broad SMARTS) is 3. The Morgan fingerprint density at radius 2 is 1.36 bits per heavy atom. The van der Waals surface area contributed by atoms with E-state index in [-0.39, 0.29) is 44.6 Å². The highest BCUT2D eigenvalue weighted by atomic mass is 16.4. The number of aliphatic carboxylic acids is 3. The summed E-state index contributed by atoms with van der Waals surface area (Å²) >= 11 is 0. The molecule has 0 aliphatic carbocycles. The number of rotatable bonds is 23. The Balaban J connectivity index is 2.31. The average Bonchev–Trinajstić information content (AvgIpc) is 3.17. The number of piperidine rings is 1. The Morgan fingerprint density at radius 1 is 0.746 bits per heavy atom. The molecule has 8 atom stereocenters. The van der Waals surface area contributed by atoms with Crippen LogP contribution in [-0.4, -0.2) is 134 Å². The molecule has 1 aromatic rings. The number of carbonyl (C=O) groups is 9. The third kappa shape index (κ3) is 16.3. The van der Waals surface area contributed by atoms with Crippen molar-refractivity contribution in [3.63, 3.8) is 0 Å². The molecule has 0 spiro atoms. The second-order valence-corrected chi connectivity index (χ2v) is 15.5. The molecule has 0 aromatic heterocycles. The maximum absolute atomic E-state index is 13.9. The van der Waals surface area contributed by atoms with Crippen molar-refractivity contribution in [2.45, 2.75) is 134 Å². The zero-order valence-corrected chi connectivity index (χ0v) is 34.0. The molecule has 20 nitrogen and oxygen atoms in total. The smallest absolute Gasteiger partial charge is 0.326 e. The summed E-state index contributed by atoms with van der Waals surface area (Å²) in [7, 11) is 0. The van der Waals surface area contributed by atoms with Crippen LogP contribution in [0.4, 0.5) is 0 Å². The molecule has 1 aromatic carbocycles. The first-order chi connectivity index (χ1) is 27.6. The summed E-state index contributed by atoms with van der Waals surface area (Å²) in [6.07, 6.45) is -2.36. The van der Waals surface area contributed by atoms with Crippen LogP contribution in [0.3, 0.4) is 0 Å². The van der Waals surface area contributed by atoms with Gasteiger partial charge in [-0.25, -0.2) is 4.79 Å². The molecule has 0 bridgehead atoms. The lowest BCUT2D eigenvalue weighted by Gasteiger charge is -2.35. The van der Waals surface area contributed by atoms with E-state index in [1.54, 1.807) is 58.0 Å². The minimum absolute atomic E-state index is 0.0667. The summed E-state index contributed by atoms with van der Waals surface area (Å²) in [5.74, 6) is -9.99. The molecule has 328 valence electrons. The number of benzene rings is 1. The van der Waals surface area contributed by atoms with Crippen LogP contribution in [0.25, 0.3) is 0 Å². The molecule has 11 N–H and O–H groups in total. The van der Waals surface area contributed by atoms with E-state index in [4.69, 9.17) is 10.8 Å². The summed E-state index contributed by atoms with van der Waals surface area (Å²) in [5.41, 5.74) is 6.39. The van der Waals surface area contributed by atoms with Gasteiger partial charge in [-0.2, -0.15) is 0 Å². The molecule has 2 rings (SSSR count). The molecule has 1 fully saturated rings. The number of carboxylic acids is 3. The molecule has 59 heavy (non-hydrogen) atoms. The van der Waals surface area contributed by atoms with Crippen LogP contribution in [0.5, 0.6) is 0 Å². The van der Waals surface area contributed by atoms with Gasteiger partial charge in [-0.05, 0) is 62.8 Å². The maximum atomic E-state index is 13.9. The average molecular weight is 834 g/mol. The van der Waals surface area contributed by atoms with Crippen molar-refractivity contribution in [1.82, 2.24) is 31.5 Å². The highest BCUT2D eigenvalue weighted by Crippen LogP contribution is 2.19. The topological polar surface area (TPSA) is 324 Å². The maximum Gasteiger partial charge on any atom is 0.326 e. The molecule has 1 aliphatic rings. The molecule has 1 unspecified atom stereocenters. The highest BCUT2D eigenvalue weighted by Gasteiger charge is 2.38. The molecule has 0 saturated carbocycles. The number of nitrogens with two attached hydrogens (primary N) is 1. The van der Waals surface area contributed by atoms with Gasteiger partial charge in [-0.3, -0.25) is 38.4 Å². The van der Waals surface area contributed by atoms with Crippen LogP contribution in [0.1, 0.15) is 85.1 Å². The van der Waals surface area contributed by atoms with Crippen molar-refractivity contribution >= 4 is 53.4 Å². The highest BCUT2D eigenvalue weighted by molar-refractivity contribution is 5.96. The van der Waals surface area contributed by atoms with Crippen LogP contribution in [-0.2, 0) is 49.6 Å². The van der Waals surface area contributed by atoms with Crippen molar-refractivity contribution in [1.29, 1.82) is 0 Å². The second kappa shape index (κ2) is 23.7. The standard InChI is InChI=1S/C39H59N7O13/c1-20(2)17-26(43-36(55)31(21(3)4)45-33(52)24(40)14-15-29(47)48)35(54)42-25(18-23-11-7-6-8-12-23)32(51)37(56)44-27(19-30(49)50)34(53)41-22(5)38(57)46-16-10-9-13-28(46)39(58)59/h6-8,11-12,20-22,24-28,31-32,51H,9-10,13-19,40H2,1-5H3,(H,41,53)(H,42,54)(H,43,55)(H,44,56)(H,45,52)(H,47,48)(H,49,50)(H,58,59)/t22-,24-,25-,26-,27-,28?,31-,32+/m0/s1. The molecule has 1 heterocycles. The Hall–Kier alpha value is -5.63. The summed E-state index contributed by atoms with van der Waals surface area (Å²) < 4.78 is 0. The molecular formula is C39H59N7O13. The number of hydrogen-bond acceptors (Lipinski definition) is 11. The lowest BCUT2D eigenvalue weighted by molar-refractivity contribution is -0.153. The summed E-state index contributed by atoms with van der Waals surface area (Å²) in [6.45, 7) is 8.24. The van der Waals surface area contributed by atoms with E-state index < -0.39 is 114 Å². The van der Waals surface area contributed by atoms with E-state index in [2.05, 4.69) is 26.6 Å². The SMILES string of the molecule is CC(C)C[C@H](NC(=O)[C@@H](NC(=O)[C@@H](N)CCC(=O)O)C(C)C)C(=O)N[C@@H](Cc1ccccc1)[C@@H](O)C(=O)N[C@@H](CC(=O)O)C(=O)N[C@@H](C)C(=O)N1CCCCC1C(=O)O. The normalized spacial score (nSPS) is 17.6. The van der Waals surface area contributed by atoms with E-state index in [1.165, 1.54) is 6.92 Å². The van der Waals surface area contributed by atoms with Crippen molar-refractivity contribution < 1.29 is 63.6 Å². The molecule has 6 amide bonds. The van der Waals surface area contributed by atoms with Gasteiger partial charge in [0.15, 0.2) is 6.10 Å². The molecule has 1 aliphatic heterocycles. The van der Waals surface area contributed by atoms with Gasteiger partial charge in [0.1, 0.15) is 30.2 Å². The molecule has 1 saturated heterocycles. The first-order valence-corrected chi connectivity index (χ1v) is 19.6. The summed E-state index contributed by atoms with van der Waals surface area (Å²) in [6, 6.07) is -0.942. The van der Waals surface area contributed by atoms with Crippen molar-refractivity contribution in [2.24, 2.45) is 17.6 Å². The number of carbonyl (C=O) groups excluding carboxylic acids is 6. The Kier molecular flexibility index (Phi) is 19.9. The molecule has 0 radical (unpaired) electrons. The zero-order valence-electron chi connectivity index (χ0n) is 34.0. The fourth-order valence-electron chi connectivity index (χ4n) is 6.46. The number of aliphatic hydroxyl groups is 1. The van der Waals surface area contributed by atoms with Gasteiger partial charge in [0.05, 0.1) is 18.5 Å². The number of nitrogens with one attached hydrogen (secondary N) is 5. The van der Waals surface area contributed by atoms with Crippen LogP contribution in [0, 0.1) is 11.8 Å². The van der Waals surface area contributed by atoms with E-state index in [1.807, 2.05) is 0 Å². The van der Waals surface area contributed by atoms with Crippen LogP contribution >= 0.6 is 0 Å². The van der Waals surface area contributed by atoms with Gasteiger partial charge in [0, 0.05) is 13.0 Å². The van der Waals surface area contributed by atoms with E-state index in [9.17, 15) is 58.5 Å². The number of nitrogens with zero attached hydrogens (tertiary/aromatic N) is 1. The first-order valence-electron chi connectivity index (χ1n) is 19.6. The third-order valence-electron chi connectivity index (χ3n) is 9.68. The number of aliphatic hydroxyl groups excluding tert-OH is 1. The minimum atomic E-state index is -2.10. The molecular weight excluding hydrogens is 774 g/mol. The number of amides is 6. The first kappa shape index (κ1) is 49.5. The van der Waals surface area contributed by atoms with Crippen LogP contribution < -0.4 is 32.3 Å². The number of likely N-dealkylation sites (tertiary alicyclic amines) is 1. The van der Waals surface area contributed by atoms with Crippen molar-refractivity contribution in [2.75, 3.05) is 6.54 Å². The van der Waals surface area contributed by atoms with Crippen molar-refractivity contribution in [3.8, 4) is 0 Å². The third-order valence-corrected chi connectivity index (χ3v) is 9.68. The lowest BCUT2D eigenvalue weighted by Crippen LogP contribution is -2.61. The Labute approximate surface area is 342 Å². The van der Waals surface area contributed by atoms with E-state index in [0.717, 1.165) is 4.90 Å². The van der Waals surface area contributed by atoms with E-state index >= 15 is 0 Å². The van der Waals surface area contributed by atoms with Gasteiger partial charge < -0.3 is 57.6 Å². The molecule has 20 heteroatoms. The zero-order chi connectivity index (χ0) is 44.6. The van der Waals surface area contributed by atoms with E-state index in [0.29, 0.717) is 18.4 Å². The van der Waals surface area contributed by atoms with Crippen molar-refractivity contribution in [3.05, 3.63) is 35.9 Å². The quantitative estimate of drug-likeness (QED) is 0.0624. The largest absolute Gasteiger partial charge is 0.481 e. The monoisotopic (exact) mass is 833 g/mol. The lowest BCUT2D eigenvalue weighted by atomic mass is 9.97. The fraction of sp³-hybridized carbons (Fsp3) is 0.615. The van der Waals surface area contributed by atoms with Gasteiger partial charge in [0.25, 0.3) is 5.91 Å². The second-order valence-electron chi connectivity index (χ2n) is 15.5. The predicted molar refractivity (Wildman–Crippen MR) is 210 cm³/mol. The van der Waals surface area contributed by atoms with Crippen LogP contribution in [0.2, 0.25) is 0 Å². The van der Waals surface area contributed by atoms with Gasteiger partial charge in [0.2, 0.25) is 29.5 Å². The fourth-order valence-corrected chi connectivity index (χ4v) is 6.46. The minimum Gasteiger partial charge on any atom is -0.481 e. The number of hydrogen-bond donors (Lipinski definition) is 10. The summed E-state index contributed by atoms with van der Waals surface area (Å²) in [4.78, 5) is 116. The van der Waals surface area contributed by atoms with Crippen LogP contribution in [0.15, 0.2) is 30.3 Å². The Morgan fingerprint density at radius 3 is 1.92 bits per heavy atom. The van der Waals surface area contributed by atoms with Gasteiger partial charge in [-0.15, -0.1) is 0 Å².